The molecular formula is C20H26N2O3. The average Bonchev–Trinajstić information content (AvgIpc) is 2.62. The number of ether oxygens (including phenoxy) is 2. The Labute approximate surface area is 149 Å². The van der Waals surface area contributed by atoms with Gasteiger partial charge in [0.2, 0.25) is 5.91 Å². The van der Waals surface area contributed by atoms with Crippen molar-refractivity contribution in [2.45, 2.75) is 19.8 Å². The van der Waals surface area contributed by atoms with Crippen molar-refractivity contribution >= 4 is 11.6 Å². The predicted molar refractivity (Wildman–Crippen MR) is 101 cm³/mol. The highest BCUT2D eigenvalue weighted by Crippen LogP contribution is 2.23. The molecule has 0 bridgehead atoms. The summed E-state index contributed by atoms with van der Waals surface area (Å²) < 4.78 is 10.7. The van der Waals surface area contributed by atoms with Gasteiger partial charge >= 0.3 is 0 Å². The van der Waals surface area contributed by atoms with Crippen LogP contribution in [0.3, 0.4) is 0 Å². The first kappa shape index (κ1) is 18.8. The van der Waals surface area contributed by atoms with Gasteiger partial charge in [-0.15, -0.1) is 0 Å². The van der Waals surface area contributed by atoms with Crippen LogP contribution in [0.15, 0.2) is 48.5 Å². The first-order chi connectivity index (χ1) is 12.1. The van der Waals surface area contributed by atoms with Crippen LogP contribution in [-0.4, -0.2) is 32.7 Å². The molecule has 0 atom stereocenters. The standard InChI is InChI=1S/C20H26N2O3/c1-15(2)18-6-4-5-7-19(18)22-20(23)14-21-12-13-25-17-10-8-16(24-3)9-11-17/h4-11,15,21H,12-14H2,1-3H3,(H,22,23). The number of amides is 1. The smallest absolute Gasteiger partial charge is 0.238 e. The van der Waals surface area contributed by atoms with Gasteiger partial charge in [-0.25, -0.2) is 0 Å². The van der Waals surface area contributed by atoms with Crippen LogP contribution in [-0.2, 0) is 4.79 Å². The maximum Gasteiger partial charge on any atom is 0.238 e. The average molecular weight is 342 g/mol. The van der Waals surface area contributed by atoms with Crippen molar-refractivity contribution in [1.29, 1.82) is 0 Å². The van der Waals surface area contributed by atoms with Gasteiger partial charge < -0.3 is 20.1 Å². The summed E-state index contributed by atoms with van der Waals surface area (Å²) in [6.45, 7) is 5.55. The fourth-order valence-corrected chi connectivity index (χ4v) is 2.42. The van der Waals surface area contributed by atoms with Crippen molar-refractivity contribution in [2.75, 3.05) is 32.1 Å². The van der Waals surface area contributed by atoms with Crippen LogP contribution in [0.1, 0.15) is 25.3 Å². The molecule has 0 spiro atoms. The van der Waals surface area contributed by atoms with E-state index in [0.29, 0.717) is 19.1 Å². The van der Waals surface area contributed by atoms with Crippen molar-refractivity contribution < 1.29 is 14.3 Å². The normalized spacial score (nSPS) is 10.6. The van der Waals surface area contributed by atoms with Gasteiger partial charge in [0, 0.05) is 12.2 Å². The SMILES string of the molecule is COc1ccc(OCCNCC(=O)Nc2ccccc2C(C)C)cc1. The van der Waals surface area contributed by atoms with E-state index in [0.717, 1.165) is 22.7 Å². The Morgan fingerprint density at radius 2 is 1.72 bits per heavy atom. The Hall–Kier alpha value is -2.53. The van der Waals surface area contributed by atoms with Crippen molar-refractivity contribution in [2.24, 2.45) is 0 Å². The molecule has 2 aromatic rings. The number of methoxy groups -OCH3 is 1. The van der Waals surface area contributed by atoms with Gasteiger partial charge in [0.15, 0.2) is 0 Å². The maximum atomic E-state index is 12.1. The Morgan fingerprint density at radius 1 is 1.04 bits per heavy atom. The Bertz CT molecular complexity index is 669. The molecule has 0 unspecified atom stereocenters. The van der Waals surface area contributed by atoms with E-state index < -0.39 is 0 Å². The van der Waals surface area contributed by atoms with Crippen LogP contribution in [0.2, 0.25) is 0 Å². The summed E-state index contributed by atoms with van der Waals surface area (Å²) >= 11 is 0. The highest BCUT2D eigenvalue weighted by atomic mass is 16.5. The number of hydrogen-bond donors (Lipinski definition) is 2. The highest BCUT2D eigenvalue weighted by Gasteiger charge is 2.08. The number of para-hydroxylation sites is 1. The lowest BCUT2D eigenvalue weighted by atomic mass is 10.0. The molecule has 0 aliphatic carbocycles. The number of carbonyl (C=O) groups excluding carboxylic acids is 1. The zero-order chi connectivity index (χ0) is 18.1. The van der Waals surface area contributed by atoms with Crippen LogP contribution >= 0.6 is 0 Å². The second-order valence-corrected chi connectivity index (χ2v) is 5.99. The summed E-state index contributed by atoms with van der Waals surface area (Å²) in [6, 6.07) is 15.3. The summed E-state index contributed by atoms with van der Waals surface area (Å²) in [4.78, 5) is 12.1. The number of rotatable bonds is 9. The van der Waals surface area contributed by atoms with Crippen LogP contribution < -0.4 is 20.1 Å². The molecule has 5 heteroatoms. The molecule has 0 saturated heterocycles. The van der Waals surface area contributed by atoms with Crippen LogP contribution in [0.4, 0.5) is 5.69 Å². The van der Waals surface area contributed by atoms with E-state index in [1.807, 2.05) is 48.5 Å². The summed E-state index contributed by atoms with van der Waals surface area (Å²) in [5.74, 6) is 1.88. The summed E-state index contributed by atoms with van der Waals surface area (Å²) in [5, 5.41) is 6.04. The van der Waals surface area contributed by atoms with Crippen LogP contribution in [0, 0.1) is 0 Å². The molecule has 0 fully saturated rings. The molecule has 0 radical (unpaired) electrons. The molecule has 1 amide bonds. The van der Waals surface area contributed by atoms with Gasteiger partial charge in [-0.2, -0.15) is 0 Å². The van der Waals surface area contributed by atoms with Gasteiger partial charge in [-0.05, 0) is 41.8 Å². The predicted octanol–water partition coefficient (Wildman–Crippen LogP) is 3.43. The van der Waals surface area contributed by atoms with E-state index in [4.69, 9.17) is 9.47 Å². The van der Waals surface area contributed by atoms with E-state index in [9.17, 15) is 4.79 Å². The third-order valence-corrected chi connectivity index (χ3v) is 3.75. The lowest BCUT2D eigenvalue weighted by molar-refractivity contribution is -0.115. The highest BCUT2D eigenvalue weighted by molar-refractivity contribution is 5.93. The topological polar surface area (TPSA) is 59.6 Å². The zero-order valence-electron chi connectivity index (χ0n) is 15.0. The summed E-state index contributed by atoms with van der Waals surface area (Å²) in [6.07, 6.45) is 0. The number of benzene rings is 2. The van der Waals surface area contributed by atoms with Crippen molar-refractivity contribution in [1.82, 2.24) is 5.32 Å². The van der Waals surface area contributed by atoms with E-state index >= 15 is 0 Å². The van der Waals surface area contributed by atoms with Crippen molar-refractivity contribution in [3.8, 4) is 11.5 Å². The largest absolute Gasteiger partial charge is 0.497 e. The fourth-order valence-electron chi connectivity index (χ4n) is 2.42. The van der Waals surface area contributed by atoms with Gasteiger partial charge in [0.05, 0.1) is 13.7 Å². The zero-order valence-corrected chi connectivity index (χ0v) is 15.0. The molecule has 0 saturated carbocycles. The van der Waals surface area contributed by atoms with Crippen molar-refractivity contribution in [3.05, 3.63) is 54.1 Å². The molecule has 2 N–H and O–H groups in total. The first-order valence-corrected chi connectivity index (χ1v) is 8.46. The molecule has 5 nitrogen and oxygen atoms in total. The second kappa shape index (κ2) is 9.69. The second-order valence-electron chi connectivity index (χ2n) is 5.99. The van der Waals surface area contributed by atoms with E-state index in [1.54, 1.807) is 7.11 Å². The molecule has 0 heterocycles. The lowest BCUT2D eigenvalue weighted by Gasteiger charge is -2.14. The van der Waals surface area contributed by atoms with E-state index in [1.165, 1.54) is 0 Å². The van der Waals surface area contributed by atoms with Gasteiger partial charge in [0.25, 0.3) is 0 Å². The third kappa shape index (κ3) is 6.12. The lowest BCUT2D eigenvalue weighted by Crippen LogP contribution is -2.31. The molecular weight excluding hydrogens is 316 g/mol. The van der Waals surface area contributed by atoms with Gasteiger partial charge in [-0.3, -0.25) is 4.79 Å². The molecule has 2 aromatic carbocycles. The number of carbonyl (C=O) groups is 1. The Morgan fingerprint density at radius 3 is 2.40 bits per heavy atom. The fraction of sp³-hybridized carbons (Fsp3) is 0.350. The van der Waals surface area contributed by atoms with Crippen LogP contribution in [0.25, 0.3) is 0 Å². The molecule has 134 valence electrons. The number of nitrogens with one attached hydrogen (secondary N) is 2. The quantitative estimate of drug-likeness (QED) is 0.686. The van der Waals surface area contributed by atoms with Gasteiger partial charge in [-0.1, -0.05) is 32.0 Å². The number of hydrogen-bond acceptors (Lipinski definition) is 4. The first-order valence-electron chi connectivity index (χ1n) is 8.46. The van der Waals surface area contributed by atoms with Gasteiger partial charge in [0.1, 0.15) is 18.1 Å². The van der Waals surface area contributed by atoms with E-state index in [2.05, 4.69) is 24.5 Å². The third-order valence-electron chi connectivity index (χ3n) is 3.75. The minimum absolute atomic E-state index is 0.0578. The Balaban J connectivity index is 1.68. The molecule has 0 aliphatic rings. The minimum atomic E-state index is -0.0578. The minimum Gasteiger partial charge on any atom is -0.497 e. The molecule has 2 rings (SSSR count). The van der Waals surface area contributed by atoms with E-state index in [-0.39, 0.29) is 12.5 Å². The summed E-state index contributed by atoms with van der Waals surface area (Å²) in [5.41, 5.74) is 2.01. The molecule has 0 aliphatic heterocycles. The molecule has 25 heavy (non-hydrogen) atoms. The van der Waals surface area contributed by atoms with Crippen molar-refractivity contribution in [3.63, 3.8) is 0 Å². The monoisotopic (exact) mass is 342 g/mol. The summed E-state index contributed by atoms with van der Waals surface area (Å²) in [7, 11) is 1.63. The van der Waals surface area contributed by atoms with Crippen LogP contribution in [0.5, 0.6) is 11.5 Å². The Kier molecular flexibility index (Phi) is 7.29. The number of anilines is 1. The maximum absolute atomic E-state index is 12.1. The molecule has 0 aromatic heterocycles.